The van der Waals surface area contributed by atoms with Crippen LogP contribution in [-0.4, -0.2) is 31.7 Å². The molecule has 1 unspecified atom stereocenters. The fraction of sp³-hybridized carbons (Fsp3) is 0.545. The molecule has 0 aliphatic carbocycles. The lowest BCUT2D eigenvalue weighted by Gasteiger charge is -2.23. The monoisotopic (exact) mass is 276 g/mol. The number of piperidine rings is 1. The van der Waals surface area contributed by atoms with E-state index in [2.05, 4.69) is 10.3 Å². The highest BCUT2D eigenvalue weighted by atomic mass is 35.5. The Labute approximate surface area is 108 Å². The smallest absolute Gasteiger partial charge is 0.180 e. The van der Waals surface area contributed by atoms with Gasteiger partial charge in [0.05, 0.1) is 10.6 Å². The third-order valence-electron chi connectivity index (χ3n) is 2.84. The molecular weight excluding hydrogens is 260 g/mol. The van der Waals surface area contributed by atoms with Crippen molar-refractivity contribution in [2.75, 3.05) is 12.3 Å². The molecule has 0 saturated carbocycles. The first kappa shape index (κ1) is 14.4. The van der Waals surface area contributed by atoms with Gasteiger partial charge in [0, 0.05) is 18.4 Å². The number of aromatic nitrogens is 1. The zero-order valence-corrected chi connectivity index (χ0v) is 11.1. The molecule has 96 valence electrons. The van der Waals surface area contributed by atoms with E-state index >= 15 is 0 Å². The van der Waals surface area contributed by atoms with E-state index in [0.717, 1.165) is 25.8 Å². The fourth-order valence-electron chi connectivity index (χ4n) is 1.97. The molecule has 0 bridgehead atoms. The molecule has 6 heteroatoms. The molecule has 1 aliphatic heterocycles. The summed E-state index contributed by atoms with van der Waals surface area (Å²) in [5, 5.41) is 3.25. The number of hydrogen-bond donors (Lipinski definition) is 1. The SMILES string of the molecule is Cl.O=S(=O)(CC1CCCCN1)c1ccncc1. The summed E-state index contributed by atoms with van der Waals surface area (Å²) in [7, 11) is -3.16. The van der Waals surface area contributed by atoms with Gasteiger partial charge in [-0.25, -0.2) is 8.42 Å². The minimum atomic E-state index is -3.16. The molecule has 4 nitrogen and oxygen atoms in total. The van der Waals surface area contributed by atoms with Gasteiger partial charge in [-0.15, -0.1) is 12.4 Å². The second kappa shape index (κ2) is 6.33. The standard InChI is InChI=1S/C11H16N2O2S.ClH/c14-16(15,11-4-7-12-8-5-11)9-10-3-1-2-6-13-10;/h4-5,7-8,10,13H,1-3,6,9H2;1H. The summed E-state index contributed by atoms with van der Waals surface area (Å²) in [6.45, 7) is 0.927. The van der Waals surface area contributed by atoms with Crippen molar-refractivity contribution in [1.82, 2.24) is 10.3 Å². The molecule has 1 saturated heterocycles. The minimum absolute atomic E-state index is 0. The Kier molecular flexibility index (Phi) is 5.36. The van der Waals surface area contributed by atoms with Gasteiger partial charge >= 0.3 is 0 Å². The Morgan fingerprint density at radius 1 is 1.29 bits per heavy atom. The topological polar surface area (TPSA) is 59.1 Å². The summed E-state index contributed by atoms with van der Waals surface area (Å²) in [6.07, 6.45) is 6.24. The maximum atomic E-state index is 12.0. The van der Waals surface area contributed by atoms with Gasteiger partial charge in [0.25, 0.3) is 0 Å². The third-order valence-corrected chi connectivity index (χ3v) is 4.67. The highest BCUT2D eigenvalue weighted by molar-refractivity contribution is 7.91. The molecule has 17 heavy (non-hydrogen) atoms. The van der Waals surface area contributed by atoms with Gasteiger partial charge in [-0.1, -0.05) is 6.42 Å². The Morgan fingerprint density at radius 2 is 2.00 bits per heavy atom. The highest BCUT2D eigenvalue weighted by Gasteiger charge is 2.22. The predicted octanol–water partition coefficient (Wildman–Crippen LogP) is 1.42. The Morgan fingerprint density at radius 3 is 2.59 bits per heavy atom. The second-order valence-electron chi connectivity index (χ2n) is 4.11. The van der Waals surface area contributed by atoms with Crippen LogP contribution < -0.4 is 5.32 Å². The van der Waals surface area contributed by atoms with Crippen LogP contribution in [0.3, 0.4) is 0 Å². The van der Waals surface area contributed by atoms with Gasteiger partial charge < -0.3 is 5.32 Å². The maximum absolute atomic E-state index is 12.0. The van der Waals surface area contributed by atoms with Gasteiger partial charge in [-0.3, -0.25) is 4.98 Å². The largest absolute Gasteiger partial charge is 0.313 e. The van der Waals surface area contributed by atoms with E-state index in [9.17, 15) is 8.42 Å². The van der Waals surface area contributed by atoms with Gasteiger partial charge in [-0.05, 0) is 31.5 Å². The van der Waals surface area contributed by atoms with Crippen LogP contribution in [0.4, 0.5) is 0 Å². The number of rotatable bonds is 3. The van der Waals surface area contributed by atoms with Gasteiger partial charge in [0.2, 0.25) is 0 Å². The normalized spacial score (nSPS) is 20.6. The first-order valence-electron chi connectivity index (χ1n) is 5.55. The molecule has 0 spiro atoms. The van der Waals surface area contributed by atoms with E-state index in [1.807, 2.05) is 0 Å². The molecule has 2 heterocycles. The van der Waals surface area contributed by atoms with E-state index in [0.29, 0.717) is 4.90 Å². The lowest BCUT2D eigenvalue weighted by atomic mass is 10.1. The summed E-state index contributed by atoms with van der Waals surface area (Å²) in [4.78, 5) is 4.20. The molecule has 0 amide bonds. The molecule has 1 fully saturated rings. The van der Waals surface area contributed by atoms with E-state index in [1.165, 1.54) is 12.4 Å². The number of nitrogens with one attached hydrogen (secondary N) is 1. The number of halogens is 1. The number of nitrogens with zero attached hydrogens (tertiary/aromatic N) is 1. The first-order chi connectivity index (χ1) is 7.68. The Balaban J connectivity index is 0.00000144. The maximum Gasteiger partial charge on any atom is 0.180 e. The molecular formula is C11H17ClN2O2S. The molecule has 1 N–H and O–H groups in total. The van der Waals surface area contributed by atoms with E-state index in [1.54, 1.807) is 12.1 Å². The lowest BCUT2D eigenvalue weighted by molar-refractivity contribution is 0.423. The van der Waals surface area contributed by atoms with Gasteiger partial charge in [0.15, 0.2) is 9.84 Å². The molecule has 0 radical (unpaired) electrons. The molecule has 0 aromatic carbocycles. The van der Waals surface area contributed by atoms with Gasteiger partial charge in [0.1, 0.15) is 0 Å². The van der Waals surface area contributed by atoms with Crippen molar-refractivity contribution in [2.45, 2.75) is 30.2 Å². The van der Waals surface area contributed by atoms with Crippen molar-refractivity contribution in [1.29, 1.82) is 0 Å². The van der Waals surface area contributed by atoms with E-state index in [-0.39, 0.29) is 24.2 Å². The Hall–Kier alpha value is -0.650. The first-order valence-corrected chi connectivity index (χ1v) is 7.20. The van der Waals surface area contributed by atoms with Crippen LogP contribution in [-0.2, 0) is 9.84 Å². The number of hydrogen-bond acceptors (Lipinski definition) is 4. The van der Waals surface area contributed by atoms with Crippen molar-refractivity contribution < 1.29 is 8.42 Å². The van der Waals surface area contributed by atoms with Crippen LogP contribution in [0.5, 0.6) is 0 Å². The summed E-state index contributed by atoms with van der Waals surface area (Å²) < 4.78 is 24.1. The number of sulfone groups is 1. The van der Waals surface area contributed by atoms with E-state index < -0.39 is 9.84 Å². The average molecular weight is 277 g/mol. The van der Waals surface area contributed by atoms with Gasteiger partial charge in [-0.2, -0.15) is 0 Å². The Bertz CT molecular complexity index is 430. The van der Waals surface area contributed by atoms with Crippen LogP contribution in [0.15, 0.2) is 29.4 Å². The van der Waals surface area contributed by atoms with Crippen molar-refractivity contribution in [3.63, 3.8) is 0 Å². The van der Waals surface area contributed by atoms with Crippen LogP contribution in [0.1, 0.15) is 19.3 Å². The van der Waals surface area contributed by atoms with E-state index in [4.69, 9.17) is 0 Å². The van der Waals surface area contributed by atoms with Crippen molar-refractivity contribution in [3.8, 4) is 0 Å². The fourth-order valence-corrected chi connectivity index (χ4v) is 3.52. The number of pyridine rings is 1. The summed E-state index contributed by atoms with van der Waals surface area (Å²) >= 11 is 0. The van der Waals surface area contributed by atoms with Crippen LogP contribution in [0.2, 0.25) is 0 Å². The minimum Gasteiger partial charge on any atom is -0.313 e. The summed E-state index contributed by atoms with van der Waals surface area (Å²) in [5.74, 6) is 0.191. The third kappa shape index (κ3) is 3.94. The quantitative estimate of drug-likeness (QED) is 0.907. The van der Waals surface area contributed by atoms with Crippen molar-refractivity contribution >= 4 is 22.2 Å². The van der Waals surface area contributed by atoms with Crippen LogP contribution in [0.25, 0.3) is 0 Å². The van der Waals surface area contributed by atoms with Crippen LogP contribution >= 0.6 is 12.4 Å². The lowest BCUT2D eigenvalue weighted by Crippen LogP contribution is -2.39. The summed E-state index contributed by atoms with van der Waals surface area (Å²) in [6, 6.07) is 3.21. The zero-order valence-electron chi connectivity index (χ0n) is 9.50. The molecule has 1 aromatic heterocycles. The molecule has 1 aromatic rings. The predicted molar refractivity (Wildman–Crippen MR) is 69.2 cm³/mol. The van der Waals surface area contributed by atoms with Crippen molar-refractivity contribution in [3.05, 3.63) is 24.5 Å². The van der Waals surface area contributed by atoms with Crippen LogP contribution in [0, 0.1) is 0 Å². The average Bonchev–Trinajstić information content (AvgIpc) is 2.31. The summed E-state index contributed by atoms with van der Waals surface area (Å²) in [5.41, 5.74) is 0. The second-order valence-corrected chi connectivity index (χ2v) is 6.15. The molecule has 2 rings (SSSR count). The molecule has 1 aliphatic rings. The zero-order chi connectivity index (χ0) is 11.4. The van der Waals surface area contributed by atoms with Crippen molar-refractivity contribution in [2.24, 2.45) is 0 Å². The highest BCUT2D eigenvalue weighted by Crippen LogP contribution is 2.14. The molecule has 1 atom stereocenters.